The fourth-order valence-corrected chi connectivity index (χ4v) is 3.11. The van der Waals surface area contributed by atoms with Crippen LogP contribution in [0.5, 0.6) is 11.5 Å². The zero-order valence-corrected chi connectivity index (χ0v) is 14.9. The zero-order valence-electron chi connectivity index (χ0n) is 14.9. The number of nitrogens with two attached hydrogens (primary N) is 1. The smallest absolute Gasteiger partial charge is 0.325 e. The molecule has 2 aliphatic rings. The molecule has 4 rings (SSSR count). The molecule has 0 bridgehead atoms. The predicted octanol–water partition coefficient (Wildman–Crippen LogP) is 1.39. The number of hydrogen-bond donors (Lipinski definition) is 2. The summed E-state index contributed by atoms with van der Waals surface area (Å²) in [5.74, 6) is 0.381. The standard InChI is InChI=1S/C19H18N4O5/c20-18(25)12-1-3-13(4-2-12)21-17(24)10-22-7-8-23(19(22)26)14-5-6-15-16(9-14)28-11-27-15/h1-6,9H,7-8,10-11H2,(H2,20,25)(H,21,24). The minimum atomic E-state index is -0.538. The second kappa shape index (κ2) is 7.10. The average molecular weight is 382 g/mol. The van der Waals surface area contributed by atoms with Gasteiger partial charge in [-0.05, 0) is 36.4 Å². The first-order valence-electron chi connectivity index (χ1n) is 8.67. The lowest BCUT2D eigenvalue weighted by Gasteiger charge is -2.18. The minimum Gasteiger partial charge on any atom is -0.454 e. The lowest BCUT2D eigenvalue weighted by atomic mass is 10.2. The predicted molar refractivity (Wildman–Crippen MR) is 100 cm³/mol. The van der Waals surface area contributed by atoms with Gasteiger partial charge in [0.25, 0.3) is 0 Å². The molecule has 0 radical (unpaired) electrons. The molecule has 144 valence electrons. The molecule has 0 atom stereocenters. The van der Waals surface area contributed by atoms with E-state index in [1.807, 2.05) is 0 Å². The van der Waals surface area contributed by atoms with Gasteiger partial charge >= 0.3 is 6.03 Å². The van der Waals surface area contributed by atoms with Crippen molar-refractivity contribution in [1.82, 2.24) is 4.90 Å². The number of primary amides is 1. The molecular weight excluding hydrogens is 364 g/mol. The molecule has 3 N–H and O–H groups in total. The van der Waals surface area contributed by atoms with Crippen LogP contribution >= 0.6 is 0 Å². The number of fused-ring (bicyclic) bond motifs is 1. The van der Waals surface area contributed by atoms with Crippen LogP contribution in [0.1, 0.15) is 10.4 Å². The molecule has 1 fully saturated rings. The third-order valence-electron chi connectivity index (χ3n) is 4.55. The molecule has 0 aliphatic carbocycles. The van der Waals surface area contributed by atoms with E-state index in [9.17, 15) is 14.4 Å². The van der Waals surface area contributed by atoms with E-state index in [4.69, 9.17) is 15.2 Å². The van der Waals surface area contributed by atoms with Crippen LogP contribution in [0.15, 0.2) is 42.5 Å². The number of carbonyl (C=O) groups excluding carboxylic acids is 3. The van der Waals surface area contributed by atoms with Gasteiger partial charge < -0.3 is 25.4 Å². The third kappa shape index (κ3) is 3.41. The normalized spacial score (nSPS) is 15.1. The third-order valence-corrected chi connectivity index (χ3v) is 4.55. The summed E-state index contributed by atoms with van der Waals surface area (Å²) in [6.07, 6.45) is 0. The molecule has 1 saturated heterocycles. The number of amides is 4. The van der Waals surface area contributed by atoms with E-state index < -0.39 is 5.91 Å². The number of carbonyl (C=O) groups is 3. The first kappa shape index (κ1) is 17.7. The fraction of sp³-hybridized carbons (Fsp3) is 0.211. The first-order valence-corrected chi connectivity index (χ1v) is 8.67. The van der Waals surface area contributed by atoms with E-state index in [2.05, 4.69) is 5.32 Å². The van der Waals surface area contributed by atoms with Gasteiger partial charge in [-0.25, -0.2) is 4.79 Å². The highest BCUT2D eigenvalue weighted by molar-refractivity contribution is 6.00. The van der Waals surface area contributed by atoms with Crippen molar-refractivity contribution in [3.63, 3.8) is 0 Å². The maximum absolute atomic E-state index is 12.7. The van der Waals surface area contributed by atoms with Gasteiger partial charge in [-0.15, -0.1) is 0 Å². The second-order valence-electron chi connectivity index (χ2n) is 6.38. The summed E-state index contributed by atoms with van der Waals surface area (Å²) >= 11 is 0. The highest BCUT2D eigenvalue weighted by Gasteiger charge is 2.31. The van der Waals surface area contributed by atoms with E-state index in [1.165, 1.54) is 17.0 Å². The van der Waals surface area contributed by atoms with Crippen molar-refractivity contribution in [2.45, 2.75) is 0 Å². The van der Waals surface area contributed by atoms with Gasteiger partial charge in [0.2, 0.25) is 18.6 Å². The molecule has 0 spiro atoms. The topological polar surface area (TPSA) is 114 Å². The monoisotopic (exact) mass is 382 g/mol. The molecule has 0 saturated carbocycles. The molecule has 2 aromatic carbocycles. The van der Waals surface area contributed by atoms with Gasteiger partial charge in [0.05, 0.1) is 0 Å². The summed E-state index contributed by atoms with van der Waals surface area (Å²) < 4.78 is 10.6. The Labute approximate surface area is 160 Å². The van der Waals surface area contributed by atoms with Crippen LogP contribution in [0.3, 0.4) is 0 Å². The first-order chi connectivity index (χ1) is 13.5. The quantitative estimate of drug-likeness (QED) is 0.811. The molecule has 0 aromatic heterocycles. The molecule has 2 aliphatic heterocycles. The molecule has 9 heteroatoms. The van der Waals surface area contributed by atoms with Crippen LogP contribution in [0.4, 0.5) is 16.2 Å². The van der Waals surface area contributed by atoms with Crippen LogP contribution < -0.4 is 25.4 Å². The van der Waals surface area contributed by atoms with E-state index in [1.54, 1.807) is 35.2 Å². The van der Waals surface area contributed by atoms with Crippen molar-refractivity contribution in [2.75, 3.05) is 36.6 Å². The summed E-state index contributed by atoms with van der Waals surface area (Å²) in [5, 5.41) is 2.70. The van der Waals surface area contributed by atoms with E-state index >= 15 is 0 Å². The second-order valence-corrected chi connectivity index (χ2v) is 6.38. The summed E-state index contributed by atoms with van der Waals surface area (Å²) in [6.45, 7) is 0.997. The summed E-state index contributed by atoms with van der Waals surface area (Å²) in [6, 6.07) is 11.3. The van der Waals surface area contributed by atoms with E-state index in [0.29, 0.717) is 41.5 Å². The number of ether oxygens (including phenoxy) is 2. The van der Waals surface area contributed by atoms with Gasteiger partial charge in [0, 0.05) is 36.1 Å². The SMILES string of the molecule is NC(=O)c1ccc(NC(=O)CN2CCN(c3ccc4c(c3)OCO4)C2=O)cc1. The molecule has 2 heterocycles. The maximum atomic E-state index is 12.7. The van der Waals surface area contributed by atoms with Crippen molar-refractivity contribution in [2.24, 2.45) is 5.73 Å². The fourth-order valence-electron chi connectivity index (χ4n) is 3.11. The Hall–Kier alpha value is -3.75. The van der Waals surface area contributed by atoms with E-state index in [-0.39, 0.29) is 25.3 Å². The summed E-state index contributed by atoms with van der Waals surface area (Å²) in [5.41, 5.74) is 6.76. The largest absolute Gasteiger partial charge is 0.454 e. The maximum Gasteiger partial charge on any atom is 0.325 e. The lowest BCUT2D eigenvalue weighted by Crippen LogP contribution is -2.37. The van der Waals surface area contributed by atoms with Gasteiger partial charge in [-0.1, -0.05) is 0 Å². The van der Waals surface area contributed by atoms with Crippen LogP contribution in [-0.4, -0.2) is 49.2 Å². The van der Waals surface area contributed by atoms with Crippen LogP contribution in [-0.2, 0) is 4.79 Å². The van der Waals surface area contributed by atoms with Crippen LogP contribution in [0.2, 0.25) is 0 Å². The number of urea groups is 1. The Bertz CT molecular complexity index is 944. The Morgan fingerprint density at radius 1 is 1.04 bits per heavy atom. The van der Waals surface area contributed by atoms with Crippen molar-refractivity contribution in [1.29, 1.82) is 0 Å². The van der Waals surface area contributed by atoms with Crippen LogP contribution in [0.25, 0.3) is 0 Å². The van der Waals surface area contributed by atoms with Gasteiger partial charge in [-0.3, -0.25) is 14.5 Å². The lowest BCUT2D eigenvalue weighted by molar-refractivity contribution is -0.116. The zero-order chi connectivity index (χ0) is 19.7. The van der Waals surface area contributed by atoms with Gasteiger partial charge in [0.15, 0.2) is 11.5 Å². The number of anilines is 2. The molecule has 0 unspecified atom stereocenters. The number of rotatable bonds is 5. The van der Waals surface area contributed by atoms with Crippen molar-refractivity contribution < 1.29 is 23.9 Å². The number of nitrogens with one attached hydrogen (secondary N) is 1. The highest BCUT2D eigenvalue weighted by atomic mass is 16.7. The Balaban J connectivity index is 1.37. The number of nitrogens with zero attached hydrogens (tertiary/aromatic N) is 2. The van der Waals surface area contributed by atoms with Gasteiger partial charge in [0.1, 0.15) is 6.54 Å². The molecular formula is C19H18N4O5. The van der Waals surface area contributed by atoms with Crippen molar-refractivity contribution in [3.8, 4) is 11.5 Å². The van der Waals surface area contributed by atoms with Crippen molar-refractivity contribution >= 4 is 29.2 Å². The number of benzene rings is 2. The Morgan fingerprint density at radius 3 is 2.54 bits per heavy atom. The minimum absolute atomic E-state index is 0.0720. The highest BCUT2D eigenvalue weighted by Crippen LogP contribution is 2.36. The molecule has 4 amide bonds. The van der Waals surface area contributed by atoms with Crippen LogP contribution in [0, 0.1) is 0 Å². The Kier molecular flexibility index (Phi) is 4.48. The molecule has 2 aromatic rings. The molecule has 9 nitrogen and oxygen atoms in total. The van der Waals surface area contributed by atoms with Gasteiger partial charge in [-0.2, -0.15) is 0 Å². The molecule has 28 heavy (non-hydrogen) atoms. The average Bonchev–Trinajstić information content (AvgIpc) is 3.28. The Morgan fingerprint density at radius 2 is 1.79 bits per heavy atom. The number of hydrogen-bond acceptors (Lipinski definition) is 5. The van der Waals surface area contributed by atoms with Crippen molar-refractivity contribution in [3.05, 3.63) is 48.0 Å². The summed E-state index contributed by atoms with van der Waals surface area (Å²) in [7, 11) is 0. The van der Waals surface area contributed by atoms with E-state index in [0.717, 1.165) is 0 Å². The summed E-state index contributed by atoms with van der Waals surface area (Å²) in [4.78, 5) is 39.1.